The molecular weight excluding hydrogens is 392 g/mol. The third-order valence-electron chi connectivity index (χ3n) is 6.31. The van der Waals surface area contributed by atoms with Crippen molar-refractivity contribution in [2.45, 2.75) is 31.3 Å². The van der Waals surface area contributed by atoms with Crippen LogP contribution in [0.4, 0.5) is 5.69 Å². The molecule has 5 rings (SSSR count). The van der Waals surface area contributed by atoms with Gasteiger partial charge in [0, 0.05) is 24.6 Å². The largest absolute Gasteiger partial charge is 0.497 e. The molecular formula is C24H26N4O3. The van der Waals surface area contributed by atoms with Gasteiger partial charge in [0.15, 0.2) is 0 Å². The Kier molecular flexibility index (Phi) is 5.11. The molecule has 2 atom stereocenters. The lowest BCUT2D eigenvalue weighted by molar-refractivity contribution is -0.137. The fourth-order valence-electron chi connectivity index (χ4n) is 4.64. The van der Waals surface area contributed by atoms with Crippen molar-refractivity contribution < 1.29 is 14.3 Å². The molecule has 3 aliphatic heterocycles. The molecule has 31 heavy (non-hydrogen) atoms. The number of nitrogens with one attached hydrogen (secondary N) is 1. The van der Waals surface area contributed by atoms with Gasteiger partial charge < -0.3 is 19.5 Å². The predicted octanol–water partition coefficient (Wildman–Crippen LogP) is 2.61. The van der Waals surface area contributed by atoms with Crippen LogP contribution >= 0.6 is 0 Å². The predicted molar refractivity (Wildman–Crippen MR) is 117 cm³/mol. The molecule has 1 fully saturated rings. The molecule has 2 unspecified atom stereocenters. The van der Waals surface area contributed by atoms with Crippen molar-refractivity contribution in [2.75, 3.05) is 25.1 Å². The van der Waals surface area contributed by atoms with Gasteiger partial charge in [-0.1, -0.05) is 30.3 Å². The number of para-hydroxylation sites is 1. The summed E-state index contributed by atoms with van der Waals surface area (Å²) in [6.07, 6.45) is 6.13. The van der Waals surface area contributed by atoms with E-state index in [9.17, 15) is 9.59 Å². The molecule has 3 heterocycles. The van der Waals surface area contributed by atoms with Crippen molar-refractivity contribution in [3.05, 3.63) is 72.1 Å². The highest BCUT2D eigenvalue weighted by Crippen LogP contribution is 2.32. The van der Waals surface area contributed by atoms with Gasteiger partial charge in [-0.25, -0.2) is 5.43 Å². The van der Waals surface area contributed by atoms with Crippen LogP contribution in [0.15, 0.2) is 60.9 Å². The second-order valence-electron chi connectivity index (χ2n) is 8.16. The number of rotatable bonds is 4. The standard InChI is InChI=1S/C24H26N4O3/c1-31-19-10-8-17(9-11-19)20-15-22-24(30)26(13-14-28(22)25-20)16-23(29)27-12-4-6-18-5-2-3-7-21(18)27/h2-3,5,7-11,13-14,20,22,25H,4,6,12,15-16H2,1H3. The highest BCUT2D eigenvalue weighted by atomic mass is 16.5. The molecule has 1 N–H and O–H groups in total. The number of fused-ring (bicyclic) bond motifs is 2. The maximum atomic E-state index is 13.2. The van der Waals surface area contributed by atoms with Gasteiger partial charge >= 0.3 is 0 Å². The van der Waals surface area contributed by atoms with Crippen LogP contribution in [0.2, 0.25) is 0 Å². The number of hydrogen-bond donors (Lipinski definition) is 1. The zero-order chi connectivity index (χ0) is 21.4. The highest BCUT2D eigenvalue weighted by Gasteiger charge is 2.40. The lowest BCUT2D eigenvalue weighted by Crippen LogP contribution is -2.51. The number of carbonyl (C=O) groups excluding carboxylic acids is 2. The summed E-state index contributed by atoms with van der Waals surface area (Å²) in [5.41, 5.74) is 6.65. The maximum Gasteiger partial charge on any atom is 0.251 e. The molecule has 7 heteroatoms. The maximum absolute atomic E-state index is 13.2. The number of ether oxygens (including phenoxy) is 1. The zero-order valence-corrected chi connectivity index (χ0v) is 17.5. The summed E-state index contributed by atoms with van der Waals surface area (Å²) in [4.78, 5) is 29.6. The molecule has 0 radical (unpaired) electrons. The minimum Gasteiger partial charge on any atom is -0.497 e. The molecule has 2 aromatic rings. The number of hydrazine groups is 1. The topological polar surface area (TPSA) is 65.1 Å². The first-order valence-corrected chi connectivity index (χ1v) is 10.7. The molecule has 3 aliphatic rings. The first kappa shape index (κ1) is 19.6. The highest BCUT2D eigenvalue weighted by molar-refractivity contribution is 5.98. The van der Waals surface area contributed by atoms with E-state index < -0.39 is 0 Å². The van der Waals surface area contributed by atoms with Crippen LogP contribution in [0.1, 0.15) is 30.0 Å². The summed E-state index contributed by atoms with van der Waals surface area (Å²) in [5.74, 6) is 0.709. The SMILES string of the molecule is COc1ccc(C2CC3C(=O)N(CC(=O)N4CCCc5ccccc54)C=CN3N2)cc1. The summed E-state index contributed by atoms with van der Waals surface area (Å²) in [5, 5.41) is 1.86. The monoisotopic (exact) mass is 418 g/mol. The van der Waals surface area contributed by atoms with Gasteiger partial charge in [0.1, 0.15) is 18.3 Å². The number of anilines is 1. The summed E-state index contributed by atoms with van der Waals surface area (Å²) in [7, 11) is 1.64. The van der Waals surface area contributed by atoms with Crippen molar-refractivity contribution in [3.8, 4) is 5.75 Å². The lowest BCUT2D eigenvalue weighted by atomic mass is 10.0. The van der Waals surface area contributed by atoms with Gasteiger partial charge in [-0.15, -0.1) is 0 Å². The fraction of sp³-hybridized carbons (Fsp3) is 0.333. The molecule has 2 amide bonds. The Morgan fingerprint density at radius 1 is 1.13 bits per heavy atom. The van der Waals surface area contributed by atoms with Crippen LogP contribution in [0, 0.1) is 0 Å². The number of hydrogen-bond acceptors (Lipinski definition) is 5. The molecule has 160 valence electrons. The molecule has 0 aromatic heterocycles. The van der Waals surface area contributed by atoms with Gasteiger partial charge in [-0.3, -0.25) is 9.59 Å². The van der Waals surface area contributed by atoms with Crippen molar-refractivity contribution in [3.63, 3.8) is 0 Å². The quantitative estimate of drug-likeness (QED) is 0.827. The van der Waals surface area contributed by atoms with E-state index in [4.69, 9.17) is 4.74 Å². The van der Waals surface area contributed by atoms with Gasteiger partial charge in [0.2, 0.25) is 5.91 Å². The molecule has 2 aromatic carbocycles. The molecule has 1 saturated heterocycles. The Morgan fingerprint density at radius 3 is 2.74 bits per heavy atom. The van der Waals surface area contributed by atoms with Crippen molar-refractivity contribution in [1.29, 1.82) is 0 Å². The van der Waals surface area contributed by atoms with Crippen molar-refractivity contribution in [2.24, 2.45) is 0 Å². The minimum atomic E-state index is -0.321. The van der Waals surface area contributed by atoms with Crippen LogP contribution in [0.3, 0.4) is 0 Å². The second kappa shape index (κ2) is 8.07. The van der Waals surface area contributed by atoms with E-state index >= 15 is 0 Å². The average molecular weight is 418 g/mol. The average Bonchev–Trinajstić information content (AvgIpc) is 3.26. The fourth-order valence-corrected chi connectivity index (χ4v) is 4.64. The smallest absolute Gasteiger partial charge is 0.251 e. The number of nitrogens with zero attached hydrogens (tertiary/aromatic N) is 3. The Balaban J connectivity index is 1.27. The van der Waals surface area contributed by atoms with E-state index in [0.29, 0.717) is 13.0 Å². The van der Waals surface area contributed by atoms with E-state index in [-0.39, 0.29) is 30.4 Å². The van der Waals surface area contributed by atoms with Crippen LogP contribution in [0.5, 0.6) is 5.75 Å². The number of benzene rings is 2. The van der Waals surface area contributed by atoms with Crippen LogP contribution in [-0.4, -0.2) is 48.0 Å². The second-order valence-corrected chi connectivity index (χ2v) is 8.16. The van der Waals surface area contributed by atoms with Crippen LogP contribution in [0.25, 0.3) is 0 Å². The van der Waals surface area contributed by atoms with E-state index in [0.717, 1.165) is 29.8 Å². The van der Waals surface area contributed by atoms with Gasteiger partial charge in [-0.05, 0) is 48.6 Å². The molecule has 7 nitrogen and oxygen atoms in total. The Hall–Kier alpha value is -3.32. The molecule has 0 spiro atoms. The van der Waals surface area contributed by atoms with Gasteiger partial charge in [0.25, 0.3) is 5.91 Å². The Bertz CT molecular complexity index is 1020. The normalized spacial score (nSPS) is 22.4. The third-order valence-corrected chi connectivity index (χ3v) is 6.31. The summed E-state index contributed by atoms with van der Waals surface area (Å²) in [6, 6.07) is 15.6. The van der Waals surface area contributed by atoms with E-state index in [1.54, 1.807) is 18.2 Å². The van der Waals surface area contributed by atoms with E-state index in [1.165, 1.54) is 5.56 Å². The minimum absolute atomic E-state index is 0.0362. The Morgan fingerprint density at radius 2 is 1.94 bits per heavy atom. The molecule has 0 bridgehead atoms. The van der Waals surface area contributed by atoms with Crippen molar-refractivity contribution in [1.82, 2.24) is 15.3 Å². The third kappa shape index (κ3) is 3.65. The number of carbonyl (C=O) groups is 2. The first-order valence-electron chi connectivity index (χ1n) is 10.7. The number of methoxy groups -OCH3 is 1. The number of amides is 2. The van der Waals surface area contributed by atoms with Crippen LogP contribution in [-0.2, 0) is 16.0 Å². The molecule has 0 saturated carbocycles. The summed E-state index contributed by atoms with van der Waals surface area (Å²) in [6.45, 7) is 0.749. The number of aryl methyl sites for hydroxylation is 1. The van der Waals surface area contributed by atoms with Gasteiger partial charge in [0.05, 0.1) is 13.2 Å². The first-order chi connectivity index (χ1) is 15.1. The van der Waals surface area contributed by atoms with Crippen LogP contribution < -0.4 is 15.1 Å². The Labute approximate surface area is 181 Å². The summed E-state index contributed by atoms with van der Waals surface area (Å²) < 4.78 is 5.23. The van der Waals surface area contributed by atoms with E-state index in [2.05, 4.69) is 11.5 Å². The van der Waals surface area contributed by atoms with Crippen molar-refractivity contribution >= 4 is 17.5 Å². The van der Waals surface area contributed by atoms with Gasteiger partial charge in [-0.2, -0.15) is 0 Å². The molecule has 0 aliphatic carbocycles. The zero-order valence-electron chi connectivity index (χ0n) is 17.5. The summed E-state index contributed by atoms with van der Waals surface area (Å²) >= 11 is 0. The lowest BCUT2D eigenvalue weighted by Gasteiger charge is -2.34. The van der Waals surface area contributed by atoms with E-state index in [1.807, 2.05) is 58.6 Å².